The predicted molar refractivity (Wildman–Crippen MR) is 127 cm³/mol. The summed E-state index contributed by atoms with van der Waals surface area (Å²) in [5.41, 5.74) is 5.75. The number of thiophene rings is 1. The Balaban J connectivity index is 1.32. The first kappa shape index (κ1) is 20.2. The van der Waals surface area contributed by atoms with Gasteiger partial charge in [-0.05, 0) is 49.9 Å². The van der Waals surface area contributed by atoms with E-state index in [4.69, 9.17) is 4.98 Å². The first-order valence-corrected chi connectivity index (χ1v) is 12.0. The van der Waals surface area contributed by atoms with Gasteiger partial charge in [-0.25, -0.2) is 4.98 Å². The van der Waals surface area contributed by atoms with E-state index >= 15 is 0 Å². The van der Waals surface area contributed by atoms with E-state index in [1.807, 2.05) is 60.2 Å². The fourth-order valence-electron chi connectivity index (χ4n) is 4.94. The summed E-state index contributed by atoms with van der Waals surface area (Å²) in [7, 11) is 0. The molecule has 0 saturated carbocycles. The van der Waals surface area contributed by atoms with Crippen molar-refractivity contribution in [2.75, 3.05) is 11.4 Å². The van der Waals surface area contributed by atoms with Crippen molar-refractivity contribution in [3.8, 4) is 11.5 Å². The maximum absolute atomic E-state index is 12.8. The van der Waals surface area contributed by atoms with Crippen molar-refractivity contribution in [3.63, 3.8) is 0 Å². The molecule has 0 saturated heterocycles. The standard InChI is InChI=1S/C24H24N6O2S/c1-4-30-19-10-17-16(9-15(19)24(2,3)23(30)32)25-22(26-17)21-14-11-29(12-18(14)27-28-21)20(31)8-13-6-5-7-33-13/h5-7,9-10H,4,8,11-12H2,1-3H3,(H,25,26)(H,27,28). The minimum absolute atomic E-state index is 0.112. The molecule has 168 valence electrons. The van der Waals surface area contributed by atoms with Gasteiger partial charge in [-0.3, -0.25) is 14.7 Å². The second-order valence-corrected chi connectivity index (χ2v) is 10.2. The fraction of sp³-hybridized carbons (Fsp3) is 0.333. The number of amides is 2. The van der Waals surface area contributed by atoms with E-state index in [0.717, 1.165) is 44.1 Å². The number of aromatic amines is 2. The highest BCUT2D eigenvalue weighted by molar-refractivity contribution is 7.10. The van der Waals surface area contributed by atoms with Gasteiger partial charge in [0.2, 0.25) is 11.8 Å². The van der Waals surface area contributed by atoms with Gasteiger partial charge < -0.3 is 14.8 Å². The van der Waals surface area contributed by atoms with Gasteiger partial charge in [0.25, 0.3) is 0 Å². The number of anilines is 1. The molecule has 0 fully saturated rings. The SMILES string of the molecule is CCN1C(=O)C(C)(C)c2cc3[nH]c(-c4n[nH]c5c4CN(C(=O)Cc4cccs4)C5)nc3cc21. The monoisotopic (exact) mass is 460 g/mol. The third kappa shape index (κ3) is 2.95. The number of likely N-dealkylation sites (N-methyl/N-ethyl adjacent to an activating group) is 1. The van der Waals surface area contributed by atoms with Crippen LogP contribution in [0.2, 0.25) is 0 Å². The van der Waals surface area contributed by atoms with E-state index in [1.54, 1.807) is 11.3 Å². The Morgan fingerprint density at radius 2 is 2.12 bits per heavy atom. The first-order chi connectivity index (χ1) is 15.9. The zero-order chi connectivity index (χ0) is 22.9. The number of imidazole rings is 1. The molecule has 0 spiro atoms. The topological polar surface area (TPSA) is 98.0 Å². The van der Waals surface area contributed by atoms with E-state index in [-0.39, 0.29) is 11.8 Å². The molecule has 6 rings (SSSR count). The van der Waals surface area contributed by atoms with E-state index in [2.05, 4.69) is 15.2 Å². The molecule has 2 aliphatic heterocycles. The zero-order valence-corrected chi connectivity index (χ0v) is 19.5. The minimum Gasteiger partial charge on any atom is -0.337 e. The summed E-state index contributed by atoms with van der Waals surface area (Å²) in [6.45, 7) is 7.60. The van der Waals surface area contributed by atoms with Crippen LogP contribution < -0.4 is 4.90 Å². The summed E-state index contributed by atoms with van der Waals surface area (Å²) in [6.07, 6.45) is 0.420. The van der Waals surface area contributed by atoms with Crippen LogP contribution in [0.15, 0.2) is 29.6 Å². The van der Waals surface area contributed by atoms with Crippen molar-refractivity contribution in [1.82, 2.24) is 25.1 Å². The number of rotatable bonds is 4. The van der Waals surface area contributed by atoms with Crippen LogP contribution in [0.4, 0.5) is 5.69 Å². The Morgan fingerprint density at radius 1 is 1.27 bits per heavy atom. The number of benzene rings is 1. The van der Waals surface area contributed by atoms with Crippen LogP contribution >= 0.6 is 11.3 Å². The molecule has 0 aliphatic carbocycles. The van der Waals surface area contributed by atoms with Crippen LogP contribution in [0.1, 0.15) is 42.5 Å². The maximum atomic E-state index is 12.8. The molecule has 3 aromatic heterocycles. The molecule has 8 nitrogen and oxygen atoms in total. The highest BCUT2D eigenvalue weighted by Crippen LogP contribution is 2.43. The quantitative estimate of drug-likeness (QED) is 0.485. The number of carbonyl (C=O) groups is 2. The molecule has 0 radical (unpaired) electrons. The van der Waals surface area contributed by atoms with Gasteiger partial charge in [-0.15, -0.1) is 11.3 Å². The number of aromatic nitrogens is 4. The summed E-state index contributed by atoms with van der Waals surface area (Å²) in [5, 5.41) is 9.59. The normalized spacial score (nSPS) is 16.6. The predicted octanol–water partition coefficient (Wildman–Crippen LogP) is 3.74. The smallest absolute Gasteiger partial charge is 0.237 e. The minimum atomic E-state index is -0.568. The van der Waals surface area contributed by atoms with E-state index in [1.165, 1.54) is 0 Å². The van der Waals surface area contributed by atoms with Gasteiger partial charge in [-0.2, -0.15) is 5.10 Å². The molecular weight excluding hydrogens is 436 g/mol. The number of carbonyl (C=O) groups excluding carboxylic acids is 2. The van der Waals surface area contributed by atoms with Crippen molar-refractivity contribution in [2.24, 2.45) is 0 Å². The van der Waals surface area contributed by atoms with Crippen molar-refractivity contribution < 1.29 is 9.59 Å². The summed E-state index contributed by atoms with van der Waals surface area (Å²) in [4.78, 5) is 38.6. The lowest BCUT2D eigenvalue weighted by Crippen LogP contribution is -2.35. The van der Waals surface area contributed by atoms with E-state index in [0.29, 0.717) is 31.9 Å². The molecule has 5 heterocycles. The number of hydrogen-bond acceptors (Lipinski definition) is 5. The molecule has 0 bridgehead atoms. The number of hydrogen-bond donors (Lipinski definition) is 2. The summed E-state index contributed by atoms with van der Waals surface area (Å²) in [6, 6.07) is 7.99. The van der Waals surface area contributed by atoms with Crippen molar-refractivity contribution in [1.29, 1.82) is 0 Å². The Morgan fingerprint density at radius 3 is 2.88 bits per heavy atom. The highest BCUT2D eigenvalue weighted by atomic mass is 32.1. The van der Waals surface area contributed by atoms with E-state index in [9.17, 15) is 9.59 Å². The van der Waals surface area contributed by atoms with Gasteiger partial charge in [0.05, 0.1) is 47.3 Å². The van der Waals surface area contributed by atoms with Gasteiger partial charge in [0.1, 0.15) is 5.69 Å². The van der Waals surface area contributed by atoms with Crippen molar-refractivity contribution in [2.45, 2.75) is 45.7 Å². The van der Waals surface area contributed by atoms with Gasteiger partial charge in [0, 0.05) is 17.0 Å². The van der Waals surface area contributed by atoms with Gasteiger partial charge in [0.15, 0.2) is 5.82 Å². The third-order valence-corrected chi connectivity index (χ3v) is 7.67. The van der Waals surface area contributed by atoms with Crippen LogP contribution in [-0.2, 0) is 34.5 Å². The molecular formula is C24H24N6O2S. The molecule has 9 heteroatoms. The van der Waals surface area contributed by atoms with Crippen LogP contribution in [0.5, 0.6) is 0 Å². The first-order valence-electron chi connectivity index (χ1n) is 11.1. The maximum Gasteiger partial charge on any atom is 0.237 e. The Hall–Kier alpha value is -3.46. The summed E-state index contributed by atoms with van der Waals surface area (Å²) in [5.74, 6) is 0.900. The largest absolute Gasteiger partial charge is 0.337 e. The second kappa shape index (κ2) is 7.02. The third-order valence-electron chi connectivity index (χ3n) is 6.79. The molecule has 1 aromatic carbocycles. The number of nitrogens with one attached hydrogen (secondary N) is 2. The van der Waals surface area contributed by atoms with Crippen molar-refractivity contribution in [3.05, 3.63) is 51.3 Å². The molecule has 2 aliphatic rings. The average Bonchev–Trinajstić information content (AvgIpc) is 3.57. The summed E-state index contributed by atoms with van der Waals surface area (Å²) < 4.78 is 0. The van der Waals surface area contributed by atoms with Gasteiger partial charge in [-0.1, -0.05) is 6.07 Å². The van der Waals surface area contributed by atoms with Crippen LogP contribution in [-0.4, -0.2) is 43.4 Å². The summed E-state index contributed by atoms with van der Waals surface area (Å²) >= 11 is 1.60. The molecule has 33 heavy (non-hydrogen) atoms. The molecule has 4 aromatic rings. The average molecular weight is 461 g/mol. The molecule has 2 N–H and O–H groups in total. The van der Waals surface area contributed by atoms with Gasteiger partial charge >= 0.3 is 0 Å². The molecule has 0 unspecified atom stereocenters. The second-order valence-electron chi connectivity index (χ2n) is 9.18. The van der Waals surface area contributed by atoms with Crippen LogP contribution in [0.3, 0.4) is 0 Å². The Labute approximate surface area is 194 Å². The number of nitrogens with zero attached hydrogens (tertiary/aromatic N) is 4. The van der Waals surface area contributed by atoms with Crippen LogP contribution in [0, 0.1) is 0 Å². The lowest BCUT2D eigenvalue weighted by molar-refractivity contribution is -0.131. The number of H-pyrrole nitrogens is 2. The zero-order valence-electron chi connectivity index (χ0n) is 18.7. The van der Waals surface area contributed by atoms with Crippen molar-refractivity contribution >= 4 is 39.9 Å². The van der Waals surface area contributed by atoms with E-state index < -0.39 is 5.41 Å². The Kier molecular flexibility index (Phi) is 4.29. The molecule has 0 atom stereocenters. The number of fused-ring (bicyclic) bond motifs is 3. The highest BCUT2D eigenvalue weighted by Gasteiger charge is 2.43. The lowest BCUT2D eigenvalue weighted by atomic mass is 9.86. The lowest BCUT2D eigenvalue weighted by Gasteiger charge is -2.18. The fourth-order valence-corrected chi connectivity index (χ4v) is 5.64. The van der Waals surface area contributed by atoms with Crippen LogP contribution in [0.25, 0.3) is 22.6 Å². The molecule has 2 amide bonds. The Bertz CT molecular complexity index is 1410.